The van der Waals surface area contributed by atoms with Crippen LogP contribution in [0.4, 0.5) is 11.5 Å². The van der Waals surface area contributed by atoms with E-state index in [1.165, 1.54) is 24.3 Å². The van der Waals surface area contributed by atoms with Crippen molar-refractivity contribution in [2.24, 2.45) is 11.1 Å². The number of hydrogen-bond donors (Lipinski definition) is 2. The fourth-order valence-corrected chi connectivity index (χ4v) is 3.42. The molecule has 1 unspecified atom stereocenters. The zero-order chi connectivity index (χ0) is 17.2. The van der Waals surface area contributed by atoms with Gasteiger partial charge in [-0.1, -0.05) is 0 Å². The van der Waals surface area contributed by atoms with Gasteiger partial charge in [-0.2, -0.15) is 0 Å². The van der Waals surface area contributed by atoms with Gasteiger partial charge < -0.3 is 15.0 Å². The highest BCUT2D eigenvalue weighted by molar-refractivity contribution is 7.89. The molecule has 0 aromatic carbocycles. The minimum Gasteiger partial charge on any atom is -0.465 e. The van der Waals surface area contributed by atoms with Crippen molar-refractivity contribution in [2.75, 3.05) is 36.7 Å². The number of aromatic nitrogens is 1. The number of amides is 1. The predicted molar refractivity (Wildman–Crippen MR) is 83.6 cm³/mol. The largest absolute Gasteiger partial charge is 0.465 e. The SMILES string of the molecule is CNc1ncc(C(=O)OC)cc1N1CC(CS(N)(=O)=O)CC1=O. The van der Waals surface area contributed by atoms with Gasteiger partial charge in [0.05, 0.1) is 24.1 Å². The molecule has 9 nitrogen and oxygen atoms in total. The molecule has 1 saturated heterocycles. The van der Waals surface area contributed by atoms with Crippen molar-refractivity contribution in [3.8, 4) is 0 Å². The lowest BCUT2D eigenvalue weighted by molar-refractivity contribution is -0.117. The maximum atomic E-state index is 12.2. The van der Waals surface area contributed by atoms with Crippen molar-refractivity contribution in [2.45, 2.75) is 6.42 Å². The number of nitrogens with two attached hydrogens (primary N) is 1. The van der Waals surface area contributed by atoms with Crippen molar-refractivity contribution < 1.29 is 22.7 Å². The molecule has 1 aliphatic heterocycles. The zero-order valence-electron chi connectivity index (χ0n) is 12.8. The highest BCUT2D eigenvalue weighted by Gasteiger charge is 2.34. The number of nitrogens with zero attached hydrogens (tertiary/aromatic N) is 2. The second-order valence-electron chi connectivity index (χ2n) is 5.24. The fourth-order valence-electron chi connectivity index (χ4n) is 2.54. The molecule has 0 bridgehead atoms. The van der Waals surface area contributed by atoms with Crippen molar-refractivity contribution in [1.29, 1.82) is 0 Å². The molecular weight excluding hydrogens is 324 g/mol. The standard InChI is InChI=1S/C13H18N4O5S/c1-15-12-10(4-9(5-16-12)13(19)22-2)17-6-8(3-11(17)18)7-23(14,20)21/h4-5,8H,3,6-7H2,1-2H3,(H,15,16)(H2,14,20,21). The van der Waals surface area contributed by atoms with Crippen LogP contribution in [-0.4, -0.2) is 51.7 Å². The van der Waals surface area contributed by atoms with Crippen molar-refractivity contribution in [3.05, 3.63) is 17.8 Å². The molecule has 126 valence electrons. The van der Waals surface area contributed by atoms with E-state index in [2.05, 4.69) is 15.0 Å². The highest BCUT2D eigenvalue weighted by atomic mass is 32.2. The summed E-state index contributed by atoms with van der Waals surface area (Å²) in [5.41, 5.74) is 0.599. The molecule has 0 aliphatic carbocycles. The van der Waals surface area contributed by atoms with Crippen LogP contribution in [0.15, 0.2) is 12.3 Å². The third-order valence-electron chi connectivity index (χ3n) is 3.49. The Morgan fingerprint density at radius 1 is 1.57 bits per heavy atom. The summed E-state index contributed by atoms with van der Waals surface area (Å²) in [7, 11) is -0.784. The summed E-state index contributed by atoms with van der Waals surface area (Å²) in [6.07, 6.45) is 1.41. The summed E-state index contributed by atoms with van der Waals surface area (Å²) in [6.45, 7) is 0.191. The maximum absolute atomic E-state index is 12.2. The molecule has 1 aliphatic rings. The van der Waals surface area contributed by atoms with Crippen LogP contribution < -0.4 is 15.4 Å². The number of primary sulfonamides is 1. The smallest absolute Gasteiger partial charge is 0.339 e. The molecule has 0 radical (unpaired) electrons. The van der Waals surface area contributed by atoms with Crippen molar-refractivity contribution >= 4 is 33.4 Å². The first-order valence-electron chi connectivity index (χ1n) is 6.82. The molecule has 10 heteroatoms. The minimum atomic E-state index is -3.66. The fraction of sp³-hybridized carbons (Fsp3) is 0.462. The van der Waals surface area contributed by atoms with Crippen LogP contribution in [-0.2, 0) is 19.6 Å². The van der Waals surface area contributed by atoms with E-state index in [-0.39, 0.29) is 30.2 Å². The van der Waals surface area contributed by atoms with Crippen LogP contribution >= 0.6 is 0 Å². The average molecular weight is 342 g/mol. The molecule has 2 heterocycles. The Morgan fingerprint density at radius 3 is 2.83 bits per heavy atom. The van der Waals surface area contributed by atoms with Gasteiger partial charge in [0, 0.05) is 32.1 Å². The van der Waals surface area contributed by atoms with E-state index in [4.69, 9.17) is 5.14 Å². The number of rotatable bonds is 5. The Bertz CT molecular complexity index is 734. The summed E-state index contributed by atoms with van der Waals surface area (Å²) >= 11 is 0. The third kappa shape index (κ3) is 3.96. The van der Waals surface area contributed by atoms with Gasteiger partial charge in [0.25, 0.3) is 0 Å². The van der Waals surface area contributed by atoms with Gasteiger partial charge >= 0.3 is 5.97 Å². The molecule has 1 fully saturated rings. The molecule has 0 saturated carbocycles. The number of pyridine rings is 1. The van der Waals surface area contributed by atoms with Crippen LogP contribution in [0, 0.1) is 5.92 Å². The lowest BCUT2D eigenvalue weighted by atomic mass is 10.1. The number of carbonyl (C=O) groups excluding carboxylic acids is 2. The van der Waals surface area contributed by atoms with E-state index in [0.29, 0.717) is 11.5 Å². The number of nitrogens with one attached hydrogen (secondary N) is 1. The second-order valence-corrected chi connectivity index (χ2v) is 6.90. The van der Waals surface area contributed by atoms with E-state index < -0.39 is 21.9 Å². The molecule has 1 atom stereocenters. The third-order valence-corrected chi connectivity index (χ3v) is 4.43. The number of hydrogen-bond acceptors (Lipinski definition) is 7. The number of anilines is 2. The average Bonchev–Trinajstić information content (AvgIpc) is 2.83. The van der Waals surface area contributed by atoms with Gasteiger partial charge in [0.2, 0.25) is 15.9 Å². The Kier molecular flexibility index (Phi) is 4.85. The van der Waals surface area contributed by atoms with Crippen LogP contribution in [0.2, 0.25) is 0 Å². The van der Waals surface area contributed by atoms with Crippen LogP contribution in [0.5, 0.6) is 0 Å². The lowest BCUT2D eigenvalue weighted by Crippen LogP contribution is -2.28. The number of carbonyl (C=O) groups is 2. The van der Waals surface area contributed by atoms with Crippen LogP contribution in [0.25, 0.3) is 0 Å². The number of methoxy groups -OCH3 is 1. The summed E-state index contributed by atoms with van der Waals surface area (Å²) in [5.74, 6) is -1.09. The summed E-state index contributed by atoms with van der Waals surface area (Å²) < 4.78 is 27.1. The van der Waals surface area contributed by atoms with Gasteiger partial charge in [-0.3, -0.25) is 4.79 Å². The van der Waals surface area contributed by atoms with E-state index in [1.54, 1.807) is 7.05 Å². The number of ether oxygens (including phenoxy) is 1. The Morgan fingerprint density at radius 2 is 2.26 bits per heavy atom. The predicted octanol–water partition coefficient (Wildman–Crippen LogP) is -0.449. The molecule has 2 rings (SSSR count). The van der Waals surface area contributed by atoms with Gasteiger partial charge in [-0.05, 0) is 6.07 Å². The Labute approximate surface area is 133 Å². The summed E-state index contributed by atoms with van der Waals surface area (Å²) in [6, 6.07) is 1.49. The number of sulfonamides is 1. The van der Waals surface area contributed by atoms with Gasteiger partial charge in [-0.25, -0.2) is 23.3 Å². The highest BCUT2D eigenvalue weighted by Crippen LogP contribution is 2.31. The first-order valence-corrected chi connectivity index (χ1v) is 8.53. The summed E-state index contributed by atoms with van der Waals surface area (Å²) in [4.78, 5) is 29.3. The molecule has 1 amide bonds. The molecular formula is C13H18N4O5S. The lowest BCUT2D eigenvalue weighted by Gasteiger charge is -2.20. The van der Waals surface area contributed by atoms with Crippen LogP contribution in [0.1, 0.15) is 16.8 Å². The first-order chi connectivity index (χ1) is 10.7. The van der Waals surface area contributed by atoms with E-state index in [0.717, 1.165) is 0 Å². The van der Waals surface area contributed by atoms with E-state index in [1.807, 2.05) is 0 Å². The normalized spacial score (nSPS) is 18.1. The Balaban J connectivity index is 2.33. The van der Waals surface area contributed by atoms with E-state index >= 15 is 0 Å². The number of esters is 1. The zero-order valence-corrected chi connectivity index (χ0v) is 13.6. The topological polar surface area (TPSA) is 132 Å². The van der Waals surface area contributed by atoms with Crippen molar-refractivity contribution in [1.82, 2.24) is 4.98 Å². The van der Waals surface area contributed by atoms with E-state index in [9.17, 15) is 18.0 Å². The van der Waals surface area contributed by atoms with Gasteiger partial charge in [0.1, 0.15) is 5.82 Å². The van der Waals surface area contributed by atoms with Crippen LogP contribution in [0.3, 0.4) is 0 Å². The Hall–Kier alpha value is -2.20. The van der Waals surface area contributed by atoms with Gasteiger partial charge in [-0.15, -0.1) is 0 Å². The minimum absolute atomic E-state index is 0.0715. The molecule has 0 spiro atoms. The quantitative estimate of drug-likeness (QED) is 0.693. The molecule has 23 heavy (non-hydrogen) atoms. The molecule has 1 aromatic heterocycles. The second kappa shape index (κ2) is 6.50. The molecule has 3 N–H and O–H groups in total. The monoisotopic (exact) mass is 342 g/mol. The van der Waals surface area contributed by atoms with Crippen molar-refractivity contribution in [3.63, 3.8) is 0 Å². The first kappa shape index (κ1) is 17.2. The molecule has 1 aromatic rings. The summed E-state index contributed by atoms with van der Waals surface area (Å²) in [5, 5.41) is 7.88. The maximum Gasteiger partial charge on any atom is 0.339 e. The van der Waals surface area contributed by atoms with Gasteiger partial charge in [0.15, 0.2) is 0 Å².